The van der Waals surface area contributed by atoms with E-state index in [0.717, 1.165) is 37.8 Å². The minimum Gasteiger partial charge on any atom is -0.494 e. The van der Waals surface area contributed by atoms with E-state index in [0.29, 0.717) is 5.82 Å². The third-order valence-corrected chi connectivity index (χ3v) is 6.84. The van der Waals surface area contributed by atoms with Crippen LogP contribution >= 0.6 is 0 Å². The van der Waals surface area contributed by atoms with E-state index < -0.39 is 23.1 Å². The topological polar surface area (TPSA) is 102 Å². The van der Waals surface area contributed by atoms with Gasteiger partial charge in [-0.25, -0.2) is 13.8 Å². The molecule has 0 spiro atoms. The summed E-state index contributed by atoms with van der Waals surface area (Å²) in [5.41, 5.74) is 1.30. The zero-order valence-corrected chi connectivity index (χ0v) is 22.7. The second kappa shape index (κ2) is 11.1. The number of piperazine rings is 1. The van der Waals surface area contributed by atoms with Gasteiger partial charge in [-0.05, 0) is 31.5 Å². The van der Waals surface area contributed by atoms with E-state index in [2.05, 4.69) is 44.3 Å². The van der Waals surface area contributed by atoms with E-state index >= 15 is 8.78 Å². The quantitative estimate of drug-likeness (QED) is 0.350. The van der Waals surface area contributed by atoms with Gasteiger partial charge in [0.1, 0.15) is 11.3 Å². The molecule has 0 aliphatic carbocycles. The number of pyridine rings is 1. The van der Waals surface area contributed by atoms with Crippen molar-refractivity contribution in [2.75, 3.05) is 39.2 Å². The number of hydrogen-bond donors (Lipinski definition) is 2. The van der Waals surface area contributed by atoms with Crippen LogP contribution in [0.2, 0.25) is 0 Å². The summed E-state index contributed by atoms with van der Waals surface area (Å²) in [5.74, 6) is -2.34. The molecule has 3 heterocycles. The molecule has 208 valence electrons. The number of nitrogens with zero attached hydrogens (tertiary/aromatic N) is 4. The summed E-state index contributed by atoms with van der Waals surface area (Å²) in [6.45, 7) is 7.91. The number of aromatic nitrogens is 3. The molecule has 4 aromatic rings. The highest BCUT2D eigenvalue weighted by molar-refractivity contribution is 6.13. The van der Waals surface area contributed by atoms with Gasteiger partial charge in [-0.15, -0.1) is 0 Å². The Morgan fingerprint density at radius 1 is 1.02 bits per heavy atom. The Bertz CT molecular complexity index is 1530. The number of benzene rings is 2. The summed E-state index contributed by atoms with van der Waals surface area (Å²) in [4.78, 5) is 28.6. The fourth-order valence-electron chi connectivity index (χ4n) is 4.98. The van der Waals surface area contributed by atoms with Gasteiger partial charge < -0.3 is 20.1 Å². The molecular formula is C29H30F2N6O3. The molecule has 0 saturated carbocycles. The van der Waals surface area contributed by atoms with E-state index in [1.165, 1.54) is 38.7 Å². The standard InChI is InChI=1S/C29H30F2N6O3/c1-29(2)16-37(12-11-35-29)15-17-5-8-22(34-14-17)36-28(38)19-7-6-18(26-27(19)33-10-9-32-26)23-24(30)20(39-3)13-21(40-4)25(23)31/h5-10,13-14,35H,11-12,15-16H2,1-4H3,(H,34,36,38). The first-order chi connectivity index (χ1) is 19.2. The number of carbonyl (C=O) groups is 1. The number of ether oxygens (including phenoxy) is 2. The Hall–Kier alpha value is -4.22. The molecular weight excluding hydrogens is 518 g/mol. The van der Waals surface area contributed by atoms with Crippen LogP contribution in [0.15, 0.2) is 48.9 Å². The Kier molecular flexibility index (Phi) is 7.59. The van der Waals surface area contributed by atoms with E-state index in [1.807, 2.05) is 6.07 Å². The lowest BCUT2D eigenvalue weighted by Gasteiger charge is -2.39. The Morgan fingerprint density at radius 3 is 2.35 bits per heavy atom. The summed E-state index contributed by atoms with van der Waals surface area (Å²) < 4.78 is 40.7. The van der Waals surface area contributed by atoms with Gasteiger partial charge in [0.15, 0.2) is 23.1 Å². The number of fused-ring (bicyclic) bond motifs is 1. The lowest BCUT2D eigenvalue weighted by Crippen LogP contribution is -2.56. The molecule has 1 aliphatic rings. The lowest BCUT2D eigenvalue weighted by molar-refractivity contribution is 0.102. The normalized spacial score (nSPS) is 15.2. The van der Waals surface area contributed by atoms with Crippen molar-refractivity contribution in [3.8, 4) is 22.6 Å². The Labute approximate surface area is 230 Å². The van der Waals surface area contributed by atoms with Crippen LogP contribution in [-0.2, 0) is 6.54 Å². The molecule has 2 aromatic carbocycles. The molecule has 1 aliphatic heterocycles. The van der Waals surface area contributed by atoms with Gasteiger partial charge in [0.2, 0.25) is 0 Å². The van der Waals surface area contributed by atoms with Crippen molar-refractivity contribution in [2.45, 2.75) is 25.9 Å². The van der Waals surface area contributed by atoms with E-state index in [1.54, 1.807) is 12.3 Å². The minimum atomic E-state index is -0.918. The van der Waals surface area contributed by atoms with Crippen LogP contribution in [0.1, 0.15) is 29.8 Å². The van der Waals surface area contributed by atoms with Crippen LogP contribution in [0.5, 0.6) is 11.5 Å². The summed E-state index contributed by atoms with van der Waals surface area (Å²) >= 11 is 0. The van der Waals surface area contributed by atoms with Crippen molar-refractivity contribution < 1.29 is 23.0 Å². The average Bonchev–Trinajstić information content (AvgIpc) is 2.94. The molecule has 0 radical (unpaired) electrons. The van der Waals surface area contributed by atoms with Gasteiger partial charge in [-0.2, -0.15) is 0 Å². The fourth-order valence-corrected chi connectivity index (χ4v) is 4.98. The first-order valence-electron chi connectivity index (χ1n) is 12.8. The molecule has 2 aromatic heterocycles. The third-order valence-electron chi connectivity index (χ3n) is 6.84. The zero-order valence-electron chi connectivity index (χ0n) is 22.7. The number of methoxy groups -OCH3 is 2. The predicted octanol–water partition coefficient (Wildman–Crippen LogP) is 4.42. The highest BCUT2D eigenvalue weighted by Crippen LogP contribution is 2.40. The summed E-state index contributed by atoms with van der Waals surface area (Å²) in [6.07, 6.45) is 4.54. The third kappa shape index (κ3) is 5.43. The second-order valence-electron chi connectivity index (χ2n) is 10.2. The highest BCUT2D eigenvalue weighted by atomic mass is 19.1. The number of halogens is 2. The monoisotopic (exact) mass is 548 g/mol. The van der Waals surface area contributed by atoms with Gasteiger partial charge in [0.25, 0.3) is 5.91 Å². The Morgan fingerprint density at radius 2 is 1.73 bits per heavy atom. The molecule has 9 nitrogen and oxygen atoms in total. The maximum Gasteiger partial charge on any atom is 0.259 e. The number of anilines is 1. The summed E-state index contributed by atoms with van der Waals surface area (Å²) in [6, 6.07) is 7.69. The molecule has 0 unspecified atom stereocenters. The van der Waals surface area contributed by atoms with E-state index in [-0.39, 0.29) is 39.2 Å². The number of amides is 1. The molecule has 1 saturated heterocycles. The molecule has 0 bridgehead atoms. The molecule has 5 rings (SSSR count). The number of rotatable bonds is 7. The van der Waals surface area contributed by atoms with Crippen molar-refractivity contribution in [3.63, 3.8) is 0 Å². The molecule has 2 N–H and O–H groups in total. The van der Waals surface area contributed by atoms with Crippen LogP contribution < -0.4 is 20.1 Å². The highest BCUT2D eigenvalue weighted by Gasteiger charge is 2.26. The van der Waals surface area contributed by atoms with Crippen molar-refractivity contribution in [1.82, 2.24) is 25.2 Å². The van der Waals surface area contributed by atoms with Crippen LogP contribution in [0.3, 0.4) is 0 Å². The average molecular weight is 549 g/mol. The first-order valence-corrected chi connectivity index (χ1v) is 12.8. The predicted molar refractivity (Wildman–Crippen MR) is 148 cm³/mol. The zero-order chi connectivity index (χ0) is 28.4. The number of carbonyl (C=O) groups excluding carboxylic acids is 1. The second-order valence-corrected chi connectivity index (χ2v) is 10.2. The van der Waals surface area contributed by atoms with Gasteiger partial charge >= 0.3 is 0 Å². The van der Waals surface area contributed by atoms with Crippen molar-refractivity contribution in [3.05, 3.63) is 71.7 Å². The minimum absolute atomic E-state index is 0.0526. The summed E-state index contributed by atoms with van der Waals surface area (Å²) in [7, 11) is 2.55. The van der Waals surface area contributed by atoms with Gasteiger partial charge in [0, 0.05) is 61.9 Å². The fraction of sp³-hybridized carbons (Fsp3) is 0.310. The molecule has 40 heavy (non-hydrogen) atoms. The van der Waals surface area contributed by atoms with Gasteiger partial charge in [-0.3, -0.25) is 19.7 Å². The van der Waals surface area contributed by atoms with Crippen LogP contribution in [0.4, 0.5) is 14.6 Å². The van der Waals surface area contributed by atoms with Crippen LogP contribution in [-0.4, -0.2) is 65.2 Å². The van der Waals surface area contributed by atoms with Crippen LogP contribution in [0.25, 0.3) is 22.2 Å². The van der Waals surface area contributed by atoms with Crippen LogP contribution in [0, 0.1) is 11.6 Å². The molecule has 0 atom stereocenters. The number of nitrogens with one attached hydrogen (secondary N) is 2. The first kappa shape index (κ1) is 27.4. The van der Waals surface area contributed by atoms with Crippen molar-refractivity contribution in [1.29, 1.82) is 0 Å². The SMILES string of the molecule is COc1cc(OC)c(F)c(-c2ccc(C(=O)Nc3ccc(CN4CCNC(C)(C)C4)cn3)c3nccnc23)c1F. The Balaban J connectivity index is 1.42. The largest absolute Gasteiger partial charge is 0.494 e. The smallest absolute Gasteiger partial charge is 0.259 e. The summed E-state index contributed by atoms with van der Waals surface area (Å²) in [5, 5.41) is 6.28. The van der Waals surface area contributed by atoms with E-state index in [9.17, 15) is 4.79 Å². The van der Waals surface area contributed by atoms with Gasteiger partial charge in [0.05, 0.1) is 30.9 Å². The molecule has 11 heteroatoms. The van der Waals surface area contributed by atoms with Gasteiger partial charge in [-0.1, -0.05) is 12.1 Å². The molecule has 1 fully saturated rings. The maximum atomic E-state index is 15.3. The molecule has 1 amide bonds. The maximum absolute atomic E-state index is 15.3. The van der Waals surface area contributed by atoms with E-state index in [4.69, 9.17) is 9.47 Å². The van der Waals surface area contributed by atoms with Crippen molar-refractivity contribution in [2.24, 2.45) is 0 Å². The number of hydrogen-bond acceptors (Lipinski definition) is 8. The van der Waals surface area contributed by atoms with Crippen molar-refractivity contribution >= 4 is 22.8 Å². The lowest BCUT2D eigenvalue weighted by atomic mass is 9.98.